The molecule has 1 atom stereocenters. The SMILES string of the molecule is CCCCCCCCCCCCC(O)CN1CCN(c2cccc(OC)c2)CC1. The predicted octanol–water partition coefficient (Wildman–Crippen LogP) is 5.49. The van der Waals surface area contributed by atoms with Crippen LogP contribution in [0.4, 0.5) is 5.69 Å². The molecule has 0 saturated carbocycles. The van der Waals surface area contributed by atoms with Gasteiger partial charge in [-0.3, -0.25) is 4.90 Å². The van der Waals surface area contributed by atoms with Crippen molar-refractivity contribution in [1.82, 2.24) is 4.90 Å². The number of aliphatic hydroxyl groups excluding tert-OH is 1. The van der Waals surface area contributed by atoms with Crippen LogP contribution in [-0.2, 0) is 0 Å². The number of benzene rings is 1. The third-order valence-corrected chi connectivity index (χ3v) is 6.15. The molecule has 1 unspecified atom stereocenters. The third kappa shape index (κ3) is 9.86. The molecule has 1 heterocycles. The molecule has 0 bridgehead atoms. The van der Waals surface area contributed by atoms with Gasteiger partial charge in [0.2, 0.25) is 0 Å². The summed E-state index contributed by atoms with van der Waals surface area (Å²) in [5.74, 6) is 0.914. The van der Waals surface area contributed by atoms with Crippen molar-refractivity contribution in [3.8, 4) is 5.75 Å². The molecule has 1 aromatic rings. The van der Waals surface area contributed by atoms with E-state index in [2.05, 4.69) is 34.9 Å². The number of aliphatic hydroxyl groups is 1. The summed E-state index contributed by atoms with van der Waals surface area (Å²) in [5.41, 5.74) is 1.23. The van der Waals surface area contributed by atoms with Crippen LogP contribution in [0.5, 0.6) is 5.75 Å². The summed E-state index contributed by atoms with van der Waals surface area (Å²) in [4.78, 5) is 4.82. The molecule has 4 heteroatoms. The van der Waals surface area contributed by atoms with Gasteiger partial charge >= 0.3 is 0 Å². The number of nitrogens with zero attached hydrogens (tertiary/aromatic N) is 2. The van der Waals surface area contributed by atoms with E-state index in [1.54, 1.807) is 7.11 Å². The molecule has 0 amide bonds. The van der Waals surface area contributed by atoms with Crippen LogP contribution in [0.25, 0.3) is 0 Å². The van der Waals surface area contributed by atoms with Crippen molar-refractivity contribution in [3.05, 3.63) is 24.3 Å². The van der Waals surface area contributed by atoms with Gasteiger partial charge in [0, 0.05) is 44.5 Å². The summed E-state index contributed by atoms with van der Waals surface area (Å²) >= 11 is 0. The molecule has 1 aromatic carbocycles. The molecular weight excluding hydrogens is 360 g/mol. The molecule has 0 spiro atoms. The molecule has 29 heavy (non-hydrogen) atoms. The second-order valence-electron chi connectivity index (χ2n) is 8.61. The van der Waals surface area contributed by atoms with Gasteiger partial charge in [0.25, 0.3) is 0 Å². The molecule has 0 aromatic heterocycles. The Morgan fingerprint density at radius 2 is 1.52 bits per heavy atom. The number of unbranched alkanes of at least 4 members (excludes halogenated alkanes) is 9. The number of ether oxygens (including phenoxy) is 1. The fraction of sp³-hybridized carbons (Fsp3) is 0.760. The van der Waals surface area contributed by atoms with Crippen LogP contribution < -0.4 is 9.64 Å². The zero-order valence-corrected chi connectivity index (χ0v) is 19.0. The van der Waals surface area contributed by atoms with Crippen molar-refractivity contribution in [2.45, 2.75) is 83.7 Å². The number of anilines is 1. The van der Waals surface area contributed by atoms with Crippen LogP contribution in [0.2, 0.25) is 0 Å². The van der Waals surface area contributed by atoms with E-state index in [0.717, 1.165) is 44.9 Å². The van der Waals surface area contributed by atoms with Crippen LogP contribution in [0.15, 0.2) is 24.3 Å². The number of hydrogen-bond acceptors (Lipinski definition) is 4. The molecule has 1 saturated heterocycles. The molecule has 4 nitrogen and oxygen atoms in total. The quantitative estimate of drug-likeness (QED) is 0.392. The highest BCUT2D eigenvalue weighted by molar-refractivity contribution is 5.51. The Balaban J connectivity index is 1.49. The number of piperazine rings is 1. The van der Waals surface area contributed by atoms with Crippen LogP contribution in [0.1, 0.15) is 77.6 Å². The maximum atomic E-state index is 10.4. The third-order valence-electron chi connectivity index (χ3n) is 6.15. The zero-order valence-electron chi connectivity index (χ0n) is 19.0. The predicted molar refractivity (Wildman–Crippen MR) is 124 cm³/mol. The van der Waals surface area contributed by atoms with Crippen LogP contribution in [0.3, 0.4) is 0 Å². The summed E-state index contributed by atoms with van der Waals surface area (Å²) < 4.78 is 5.34. The van der Waals surface area contributed by atoms with Crippen molar-refractivity contribution in [3.63, 3.8) is 0 Å². The Bertz CT molecular complexity index is 529. The number of β-amino-alcohol motifs (C(OH)–C–C–N with tert-alkyl or cyclic N) is 1. The van der Waals surface area contributed by atoms with E-state index < -0.39 is 0 Å². The van der Waals surface area contributed by atoms with Gasteiger partial charge in [0.1, 0.15) is 5.75 Å². The average Bonchev–Trinajstić information content (AvgIpc) is 2.75. The summed E-state index contributed by atoms with van der Waals surface area (Å²) in [5, 5.41) is 10.4. The fourth-order valence-corrected chi connectivity index (χ4v) is 4.25. The number of methoxy groups -OCH3 is 1. The van der Waals surface area contributed by atoms with Gasteiger partial charge in [-0.05, 0) is 18.6 Å². The van der Waals surface area contributed by atoms with Crippen molar-refractivity contribution >= 4 is 5.69 Å². The molecule has 1 aliphatic rings. The number of rotatable bonds is 15. The van der Waals surface area contributed by atoms with E-state index in [4.69, 9.17) is 4.74 Å². The number of hydrogen-bond donors (Lipinski definition) is 1. The zero-order chi connectivity index (χ0) is 20.7. The van der Waals surface area contributed by atoms with Crippen LogP contribution in [0, 0.1) is 0 Å². The van der Waals surface area contributed by atoms with Crippen LogP contribution in [-0.4, -0.2) is 55.9 Å². The first-order valence-electron chi connectivity index (χ1n) is 12.0. The van der Waals surface area contributed by atoms with E-state index in [0.29, 0.717) is 0 Å². The van der Waals surface area contributed by atoms with E-state index in [1.807, 2.05) is 6.07 Å². The highest BCUT2D eigenvalue weighted by Gasteiger charge is 2.19. The van der Waals surface area contributed by atoms with E-state index in [-0.39, 0.29) is 6.10 Å². The Labute approximate surface area is 179 Å². The Hall–Kier alpha value is -1.26. The minimum atomic E-state index is -0.174. The molecule has 1 fully saturated rings. The first-order chi connectivity index (χ1) is 14.2. The molecular formula is C25H44N2O2. The second kappa shape index (κ2) is 14.7. The monoisotopic (exact) mass is 404 g/mol. The molecule has 0 aliphatic carbocycles. The van der Waals surface area contributed by atoms with E-state index >= 15 is 0 Å². The molecule has 0 radical (unpaired) electrons. The van der Waals surface area contributed by atoms with E-state index in [9.17, 15) is 5.11 Å². The standard InChI is InChI=1S/C25H44N2O2/c1-3-4-5-6-7-8-9-10-11-12-15-24(28)22-26-17-19-27(20-18-26)23-14-13-16-25(21-23)29-2/h13-14,16,21,24,28H,3-12,15,17-20,22H2,1-2H3. The smallest absolute Gasteiger partial charge is 0.120 e. The lowest BCUT2D eigenvalue weighted by molar-refractivity contribution is 0.0996. The van der Waals surface area contributed by atoms with Gasteiger partial charge in [-0.15, -0.1) is 0 Å². The molecule has 166 valence electrons. The maximum absolute atomic E-state index is 10.4. The summed E-state index contributed by atoms with van der Waals surface area (Å²) in [7, 11) is 1.72. The lowest BCUT2D eigenvalue weighted by Crippen LogP contribution is -2.48. The van der Waals surface area contributed by atoms with Gasteiger partial charge < -0.3 is 14.7 Å². The summed E-state index contributed by atoms with van der Waals surface area (Å²) in [6.45, 7) is 7.16. The largest absolute Gasteiger partial charge is 0.497 e. The van der Waals surface area contributed by atoms with Crippen molar-refractivity contribution in [1.29, 1.82) is 0 Å². The van der Waals surface area contributed by atoms with E-state index in [1.165, 1.54) is 69.9 Å². The average molecular weight is 405 g/mol. The van der Waals surface area contributed by atoms with Crippen molar-refractivity contribution in [2.24, 2.45) is 0 Å². The lowest BCUT2D eigenvalue weighted by atomic mass is 10.0. The fourth-order valence-electron chi connectivity index (χ4n) is 4.25. The van der Waals surface area contributed by atoms with Crippen molar-refractivity contribution < 1.29 is 9.84 Å². The molecule has 1 N–H and O–H groups in total. The second-order valence-corrected chi connectivity index (χ2v) is 8.61. The Morgan fingerprint density at radius 3 is 2.14 bits per heavy atom. The highest BCUT2D eigenvalue weighted by atomic mass is 16.5. The summed E-state index contributed by atoms with van der Waals surface area (Å²) in [6.07, 6.45) is 14.3. The summed E-state index contributed by atoms with van der Waals surface area (Å²) in [6, 6.07) is 8.30. The topological polar surface area (TPSA) is 35.9 Å². The van der Waals surface area contributed by atoms with Gasteiger partial charge in [0.05, 0.1) is 13.2 Å². The van der Waals surface area contributed by atoms with Gasteiger partial charge in [-0.2, -0.15) is 0 Å². The van der Waals surface area contributed by atoms with Crippen molar-refractivity contribution in [2.75, 3.05) is 44.7 Å². The van der Waals surface area contributed by atoms with Gasteiger partial charge in [-0.25, -0.2) is 0 Å². The molecule has 2 rings (SSSR count). The first kappa shape index (κ1) is 24.0. The van der Waals surface area contributed by atoms with Crippen LogP contribution >= 0.6 is 0 Å². The Morgan fingerprint density at radius 1 is 0.897 bits per heavy atom. The minimum Gasteiger partial charge on any atom is -0.497 e. The normalized spacial score (nSPS) is 16.2. The minimum absolute atomic E-state index is 0.174. The molecule has 1 aliphatic heterocycles. The maximum Gasteiger partial charge on any atom is 0.120 e. The highest BCUT2D eigenvalue weighted by Crippen LogP contribution is 2.22. The van der Waals surface area contributed by atoms with Gasteiger partial charge in [0.15, 0.2) is 0 Å². The Kier molecular flexibility index (Phi) is 12.2. The van der Waals surface area contributed by atoms with Gasteiger partial charge in [-0.1, -0.05) is 77.2 Å². The first-order valence-corrected chi connectivity index (χ1v) is 12.0. The lowest BCUT2D eigenvalue weighted by Gasteiger charge is -2.37.